The fourth-order valence-electron chi connectivity index (χ4n) is 7.13. The molecule has 1 amide bonds. The van der Waals surface area contributed by atoms with Gasteiger partial charge in [-0.05, 0) is 112 Å². The number of nitrogens with zero attached hydrogens (tertiary/aromatic N) is 5. The molecule has 1 aromatic heterocycles. The number of amides is 1. The first-order valence-electron chi connectivity index (χ1n) is 18.2. The molecule has 10 nitrogen and oxygen atoms in total. The fourth-order valence-corrected chi connectivity index (χ4v) is 7.13. The van der Waals surface area contributed by atoms with Crippen molar-refractivity contribution in [3.63, 3.8) is 0 Å². The van der Waals surface area contributed by atoms with Crippen LogP contribution >= 0.6 is 0 Å². The van der Waals surface area contributed by atoms with Gasteiger partial charge in [0.1, 0.15) is 12.1 Å². The van der Waals surface area contributed by atoms with Crippen LogP contribution in [0, 0.1) is 0 Å². The number of nitrogens with one attached hydrogen (secondary N) is 1. The predicted molar refractivity (Wildman–Crippen MR) is 204 cm³/mol. The molecule has 10 heteroatoms. The molecule has 266 valence electrons. The van der Waals surface area contributed by atoms with Crippen LogP contribution in [0.2, 0.25) is 0 Å². The summed E-state index contributed by atoms with van der Waals surface area (Å²) >= 11 is 0. The van der Waals surface area contributed by atoms with Crippen LogP contribution in [0.15, 0.2) is 79.1 Å². The van der Waals surface area contributed by atoms with Crippen LogP contribution in [0.4, 0.5) is 11.4 Å². The molecule has 2 saturated heterocycles. The van der Waals surface area contributed by atoms with Gasteiger partial charge >= 0.3 is 0 Å². The third kappa shape index (κ3) is 8.18. The van der Waals surface area contributed by atoms with Gasteiger partial charge in [0.15, 0.2) is 11.5 Å². The molecule has 0 saturated carbocycles. The fraction of sp³-hybridized carbons (Fsp3) is 0.390. The third-order valence-electron chi connectivity index (χ3n) is 10.1. The molecular weight excluding hydrogens is 640 g/mol. The second-order valence-corrected chi connectivity index (χ2v) is 13.7. The molecule has 4 aromatic carbocycles. The minimum atomic E-state index is -0.161. The summed E-state index contributed by atoms with van der Waals surface area (Å²) in [6.45, 7) is 12.6. The molecule has 2 fully saturated rings. The lowest BCUT2D eigenvalue weighted by Crippen LogP contribution is -2.48. The highest BCUT2D eigenvalue weighted by Gasteiger charge is 2.20. The Hall–Kier alpha value is -4.93. The van der Waals surface area contributed by atoms with Gasteiger partial charge in [-0.1, -0.05) is 18.6 Å². The van der Waals surface area contributed by atoms with Crippen molar-refractivity contribution in [2.75, 3.05) is 69.7 Å². The van der Waals surface area contributed by atoms with E-state index >= 15 is 0 Å². The van der Waals surface area contributed by atoms with Crippen molar-refractivity contribution in [1.82, 2.24) is 19.8 Å². The molecule has 1 N–H and O–H groups in total. The Balaban J connectivity index is 1.01. The predicted octanol–water partition coefficient (Wildman–Crippen LogP) is 7.62. The zero-order valence-electron chi connectivity index (χ0n) is 29.9. The lowest BCUT2D eigenvalue weighted by molar-refractivity contribution is 0.102. The first-order valence-corrected chi connectivity index (χ1v) is 18.2. The number of hydrogen-bond donors (Lipinski definition) is 1. The van der Waals surface area contributed by atoms with Crippen molar-refractivity contribution < 1.29 is 19.0 Å². The van der Waals surface area contributed by atoms with Crippen LogP contribution in [0.25, 0.3) is 21.7 Å². The van der Waals surface area contributed by atoms with Crippen molar-refractivity contribution in [2.45, 2.75) is 45.6 Å². The van der Waals surface area contributed by atoms with Crippen molar-refractivity contribution in [3.8, 4) is 23.1 Å². The molecule has 0 radical (unpaired) electrons. The van der Waals surface area contributed by atoms with Crippen LogP contribution in [0.3, 0.4) is 0 Å². The Bertz CT molecular complexity index is 1950. The zero-order valence-corrected chi connectivity index (χ0v) is 29.9. The van der Waals surface area contributed by atoms with Crippen molar-refractivity contribution in [3.05, 3.63) is 84.7 Å². The highest BCUT2D eigenvalue weighted by Crippen LogP contribution is 2.37. The summed E-state index contributed by atoms with van der Waals surface area (Å²) in [4.78, 5) is 29.8. The number of likely N-dealkylation sites (tertiary alicyclic amines) is 1. The number of hydrogen-bond acceptors (Lipinski definition) is 9. The van der Waals surface area contributed by atoms with Gasteiger partial charge in [0.2, 0.25) is 5.88 Å². The number of methoxy groups -OCH3 is 1. The Morgan fingerprint density at radius 3 is 2.41 bits per heavy atom. The van der Waals surface area contributed by atoms with Crippen molar-refractivity contribution >= 4 is 39.0 Å². The molecule has 7 rings (SSSR count). The summed E-state index contributed by atoms with van der Waals surface area (Å²) in [5, 5.41) is 5.51. The topological polar surface area (TPSA) is 92.3 Å². The van der Waals surface area contributed by atoms with E-state index in [1.807, 2.05) is 60.7 Å². The van der Waals surface area contributed by atoms with Gasteiger partial charge in [-0.3, -0.25) is 9.69 Å². The molecular formula is C41H48N6O4. The van der Waals surface area contributed by atoms with E-state index in [-0.39, 0.29) is 5.91 Å². The first-order chi connectivity index (χ1) is 24.9. The van der Waals surface area contributed by atoms with Crippen LogP contribution in [0.5, 0.6) is 23.1 Å². The zero-order chi connectivity index (χ0) is 35.2. The van der Waals surface area contributed by atoms with E-state index in [4.69, 9.17) is 14.2 Å². The second-order valence-electron chi connectivity index (χ2n) is 13.7. The molecule has 2 aliphatic rings. The molecule has 0 bridgehead atoms. The molecule has 0 atom stereocenters. The van der Waals surface area contributed by atoms with Gasteiger partial charge in [0.25, 0.3) is 5.91 Å². The van der Waals surface area contributed by atoms with E-state index in [1.165, 1.54) is 44.4 Å². The van der Waals surface area contributed by atoms with Gasteiger partial charge in [0.05, 0.1) is 24.6 Å². The first kappa shape index (κ1) is 34.5. The monoisotopic (exact) mass is 688 g/mol. The largest absolute Gasteiger partial charge is 0.493 e. The van der Waals surface area contributed by atoms with E-state index in [9.17, 15) is 4.79 Å². The lowest BCUT2D eigenvalue weighted by Gasteiger charge is -2.38. The number of anilines is 2. The maximum atomic E-state index is 13.5. The maximum Gasteiger partial charge on any atom is 0.256 e. The van der Waals surface area contributed by atoms with E-state index in [1.54, 1.807) is 7.11 Å². The summed E-state index contributed by atoms with van der Waals surface area (Å²) < 4.78 is 18.2. The third-order valence-corrected chi connectivity index (χ3v) is 10.1. The van der Waals surface area contributed by atoms with Crippen molar-refractivity contribution in [1.29, 1.82) is 0 Å². The number of piperidine rings is 1. The highest BCUT2D eigenvalue weighted by atomic mass is 16.5. The summed E-state index contributed by atoms with van der Waals surface area (Å²) in [5.74, 6) is 2.11. The number of benzene rings is 4. The van der Waals surface area contributed by atoms with Crippen LogP contribution in [-0.2, 0) is 0 Å². The van der Waals surface area contributed by atoms with Gasteiger partial charge < -0.3 is 29.3 Å². The Labute approximate surface area is 300 Å². The molecule has 3 heterocycles. The Morgan fingerprint density at radius 2 is 1.65 bits per heavy atom. The van der Waals surface area contributed by atoms with Crippen LogP contribution in [0.1, 0.15) is 49.9 Å². The van der Waals surface area contributed by atoms with Gasteiger partial charge in [-0.15, -0.1) is 0 Å². The molecule has 0 spiro atoms. The summed E-state index contributed by atoms with van der Waals surface area (Å²) in [5.41, 5.74) is 3.23. The van der Waals surface area contributed by atoms with Crippen molar-refractivity contribution in [2.24, 2.45) is 0 Å². The number of ether oxygens (including phenoxy) is 3. The Kier molecular flexibility index (Phi) is 10.8. The smallest absolute Gasteiger partial charge is 0.256 e. The number of carbonyl (C=O) groups is 1. The SMILES string of the molecule is COc1cc2c(Oc3ccc4c(C(=O)Nc5ccc(N6CCN(C(C)C)CC6)cc5)cccc4c3)ncnc2cc1OCCCN1CCCCC1. The van der Waals surface area contributed by atoms with E-state index < -0.39 is 0 Å². The quantitative estimate of drug-likeness (QED) is 0.133. The van der Waals surface area contributed by atoms with E-state index in [0.29, 0.717) is 52.2 Å². The lowest BCUT2D eigenvalue weighted by atomic mass is 10.0. The number of fused-ring (bicyclic) bond motifs is 2. The van der Waals surface area contributed by atoms with E-state index in [2.05, 4.69) is 56.0 Å². The number of piperazine rings is 1. The molecule has 2 aliphatic heterocycles. The van der Waals surface area contributed by atoms with Crippen LogP contribution < -0.4 is 24.4 Å². The summed E-state index contributed by atoms with van der Waals surface area (Å²) in [7, 11) is 1.63. The Morgan fingerprint density at radius 1 is 0.843 bits per heavy atom. The summed E-state index contributed by atoms with van der Waals surface area (Å²) in [6.07, 6.45) is 6.35. The van der Waals surface area contributed by atoms with Gasteiger partial charge in [0, 0.05) is 61.8 Å². The summed E-state index contributed by atoms with van der Waals surface area (Å²) in [6, 6.07) is 23.9. The van der Waals surface area contributed by atoms with Gasteiger partial charge in [-0.25, -0.2) is 9.97 Å². The maximum absolute atomic E-state index is 13.5. The average molecular weight is 689 g/mol. The number of rotatable bonds is 12. The molecule has 0 aliphatic carbocycles. The van der Waals surface area contributed by atoms with Crippen LogP contribution in [-0.4, -0.2) is 91.2 Å². The van der Waals surface area contributed by atoms with Gasteiger partial charge in [-0.2, -0.15) is 0 Å². The minimum absolute atomic E-state index is 0.161. The number of carbonyl (C=O) groups excluding carboxylic acids is 1. The minimum Gasteiger partial charge on any atom is -0.493 e. The average Bonchev–Trinajstić information content (AvgIpc) is 3.16. The second kappa shape index (κ2) is 16.0. The standard InChI is InChI=1S/C41H48N6O4/c1-29(2)46-20-22-47(23-21-46)32-13-11-31(12-14-32)44-40(48)35-10-7-9-30-25-33(15-16-34(30)35)51-41-36-26-38(49-3)39(27-37(36)42-28-43-41)50-24-8-19-45-17-5-4-6-18-45/h7,9-16,25-29H,4-6,8,17-24H2,1-3H3,(H,44,48). The normalized spacial score (nSPS) is 15.7. The molecule has 0 unspecified atom stereocenters. The number of aromatic nitrogens is 2. The molecule has 51 heavy (non-hydrogen) atoms. The van der Waals surface area contributed by atoms with E-state index in [0.717, 1.165) is 55.6 Å². The molecule has 5 aromatic rings. The highest BCUT2D eigenvalue weighted by molar-refractivity contribution is 6.13.